The molecule has 2 aromatic rings. The van der Waals surface area contributed by atoms with E-state index in [-0.39, 0.29) is 17.9 Å². The Morgan fingerprint density at radius 2 is 1.96 bits per heavy atom. The van der Waals surface area contributed by atoms with Crippen LogP contribution in [0.5, 0.6) is 0 Å². The molecule has 0 spiro atoms. The molecule has 0 aliphatic carbocycles. The standard InChI is InChI=1S/C20H19BrN2O3/c1-2-18(25)22-16-5-3-4-14(12-16)20(26)23-11-10-17(24)19(23)13-6-8-15(21)9-7-13/h2-9,12,17,19,24H,1,10-11H2,(H,22,25)/t17-,19-/m1/s1. The number of anilines is 1. The predicted molar refractivity (Wildman–Crippen MR) is 104 cm³/mol. The van der Waals surface area contributed by atoms with Crippen LogP contribution in [0.15, 0.2) is 65.7 Å². The number of nitrogens with one attached hydrogen (secondary N) is 1. The third-order valence-corrected chi connectivity index (χ3v) is 4.93. The van der Waals surface area contributed by atoms with Gasteiger partial charge in [0, 0.05) is 22.3 Å². The van der Waals surface area contributed by atoms with Crippen LogP contribution in [0.3, 0.4) is 0 Å². The Labute approximate surface area is 160 Å². The summed E-state index contributed by atoms with van der Waals surface area (Å²) in [5, 5.41) is 13.1. The summed E-state index contributed by atoms with van der Waals surface area (Å²) in [6, 6.07) is 14.0. The molecule has 0 saturated carbocycles. The summed E-state index contributed by atoms with van der Waals surface area (Å²) in [5.74, 6) is -0.511. The lowest BCUT2D eigenvalue weighted by Gasteiger charge is -2.27. The first-order valence-corrected chi connectivity index (χ1v) is 9.07. The second kappa shape index (κ2) is 7.85. The number of rotatable bonds is 4. The molecule has 2 atom stereocenters. The highest BCUT2D eigenvalue weighted by atomic mass is 79.9. The first kappa shape index (κ1) is 18.4. The fraction of sp³-hybridized carbons (Fsp3) is 0.200. The molecule has 5 nitrogen and oxygen atoms in total. The molecule has 0 unspecified atom stereocenters. The largest absolute Gasteiger partial charge is 0.391 e. The number of aliphatic hydroxyl groups excluding tert-OH is 1. The molecule has 2 amide bonds. The minimum Gasteiger partial charge on any atom is -0.391 e. The molecule has 2 N–H and O–H groups in total. The monoisotopic (exact) mass is 414 g/mol. The Kier molecular flexibility index (Phi) is 5.54. The topological polar surface area (TPSA) is 69.6 Å². The molecule has 0 aromatic heterocycles. The van der Waals surface area contributed by atoms with Crippen LogP contribution in [-0.2, 0) is 4.79 Å². The van der Waals surface area contributed by atoms with Gasteiger partial charge in [0.05, 0.1) is 12.1 Å². The van der Waals surface area contributed by atoms with E-state index in [1.54, 1.807) is 29.2 Å². The van der Waals surface area contributed by atoms with Gasteiger partial charge >= 0.3 is 0 Å². The number of carbonyl (C=O) groups excluding carboxylic acids is 2. The number of nitrogens with zero attached hydrogens (tertiary/aromatic N) is 1. The van der Waals surface area contributed by atoms with E-state index in [2.05, 4.69) is 27.8 Å². The summed E-state index contributed by atoms with van der Waals surface area (Å²) in [6.45, 7) is 3.89. The zero-order chi connectivity index (χ0) is 18.7. The predicted octanol–water partition coefficient (Wildman–Crippen LogP) is 3.52. The Hall–Kier alpha value is -2.44. The van der Waals surface area contributed by atoms with Gasteiger partial charge in [-0.2, -0.15) is 0 Å². The van der Waals surface area contributed by atoms with Crippen molar-refractivity contribution < 1.29 is 14.7 Å². The molecular weight excluding hydrogens is 396 g/mol. The quantitative estimate of drug-likeness (QED) is 0.751. The highest BCUT2D eigenvalue weighted by Crippen LogP contribution is 2.34. The molecule has 1 aliphatic rings. The smallest absolute Gasteiger partial charge is 0.254 e. The van der Waals surface area contributed by atoms with Crippen molar-refractivity contribution in [2.75, 3.05) is 11.9 Å². The van der Waals surface area contributed by atoms with Gasteiger partial charge in [-0.15, -0.1) is 0 Å². The van der Waals surface area contributed by atoms with E-state index in [4.69, 9.17) is 0 Å². The van der Waals surface area contributed by atoms with Gasteiger partial charge in [-0.25, -0.2) is 0 Å². The van der Waals surface area contributed by atoms with Gasteiger partial charge in [-0.3, -0.25) is 9.59 Å². The van der Waals surface area contributed by atoms with Gasteiger partial charge in [-0.1, -0.05) is 40.7 Å². The van der Waals surface area contributed by atoms with Crippen molar-refractivity contribution in [3.05, 3.63) is 76.8 Å². The average molecular weight is 415 g/mol. The van der Waals surface area contributed by atoms with E-state index in [0.717, 1.165) is 10.0 Å². The highest BCUT2D eigenvalue weighted by molar-refractivity contribution is 9.10. The van der Waals surface area contributed by atoms with Crippen LogP contribution in [0.1, 0.15) is 28.4 Å². The number of benzene rings is 2. The van der Waals surface area contributed by atoms with Gasteiger partial charge in [0.15, 0.2) is 0 Å². The zero-order valence-electron chi connectivity index (χ0n) is 14.1. The van der Waals surface area contributed by atoms with Crippen molar-refractivity contribution in [3.8, 4) is 0 Å². The van der Waals surface area contributed by atoms with Gasteiger partial charge in [0.25, 0.3) is 5.91 Å². The van der Waals surface area contributed by atoms with Crippen LogP contribution < -0.4 is 5.32 Å². The Morgan fingerprint density at radius 1 is 1.23 bits per heavy atom. The molecule has 1 aliphatic heterocycles. The van der Waals surface area contributed by atoms with Gasteiger partial charge in [0.2, 0.25) is 5.91 Å². The summed E-state index contributed by atoms with van der Waals surface area (Å²) < 4.78 is 0.942. The third kappa shape index (κ3) is 3.86. The fourth-order valence-electron chi connectivity index (χ4n) is 3.16. The Bertz CT molecular complexity index is 835. The molecule has 134 valence electrons. The number of carbonyl (C=O) groups is 2. The molecular formula is C20H19BrN2O3. The molecule has 0 bridgehead atoms. The van der Waals surface area contributed by atoms with Crippen LogP contribution in [-0.4, -0.2) is 34.5 Å². The summed E-state index contributed by atoms with van der Waals surface area (Å²) in [7, 11) is 0. The Morgan fingerprint density at radius 3 is 2.65 bits per heavy atom. The van der Waals surface area contributed by atoms with Crippen LogP contribution in [0.2, 0.25) is 0 Å². The molecule has 1 heterocycles. The molecule has 1 fully saturated rings. The van der Waals surface area contributed by atoms with E-state index in [0.29, 0.717) is 24.2 Å². The first-order chi connectivity index (χ1) is 12.5. The summed E-state index contributed by atoms with van der Waals surface area (Å²) in [5.41, 5.74) is 1.88. The van der Waals surface area contributed by atoms with Crippen molar-refractivity contribution in [2.24, 2.45) is 0 Å². The minimum absolute atomic E-state index is 0.177. The number of halogens is 1. The lowest BCUT2D eigenvalue weighted by Crippen LogP contribution is -2.33. The maximum atomic E-state index is 13.0. The second-order valence-electron chi connectivity index (χ2n) is 6.13. The molecule has 1 saturated heterocycles. The molecule has 0 radical (unpaired) electrons. The first-order valence-electron chi connectivity index (χ1n) is 8.27. The maximum Gasteiger partial charge on any atom is 0.254 e. The summed E-state index contributed by atoms with van der Waals surface area (Å²) in [6.07, 6.45) is 1.10. The number of aliphatic hydroxyl groups is 1. The van der Waals surface area contributed by atoms with Crippen LogP contribution >= 0.6 is 15.9 Å². The normalized spacial score (nSPS) is 19.2. The third-order valence-electron chi connectivity index (χ3n) is 4.40. The second-order valence-corrected chi connectivity index (χ2v) is 7.04. The summed E-state index contributed by atoms with van der Waals surface area (Å²) in [4.78, 5) is 26.2. The lowest BCUT2D eigenvalue weighted by atomic mass is 10.0. The maximum absolute atomic E-state index is 13.0. The van der Waals surface area contributed by atoms with Crippen molar-refractivity contribution in [3.63, 3.8) is 0 Å². The zero-order valence-corrected chi connectivity index (χ0v) is 15.6. The SMILES string of the molecule is C=CC(=O)Nc1cccc(C(=O)N2CC[C@@H](O)[C@H]2c2ccc(Br)cc2)c1. The van der Waals surface area contributed by atoms with Crippen LogP contribution in [0.25, 0.3) is 0 Å². The lowest BCUT2D eigenvalue weighted by molar-refractivity contribution is -0.111. The highest BCUT2D eigenvalue weighted by Gasteiger charge is 2.37. The van der Waals surface area contributed by atoms with Gasteiger partial charge in [-0.05, 0) is 48.4 Å². The van der Waals surface area contributed by atoms with Gasteiger partial charge < -0.3 is 15.3 Å². The average Bonchev–Trinajstić information content (AvgIpc) is 3.03. The van der Waals surface area contributed by atoms with E-state index >= 15 is 0 Å². The van der Waals surface area contributed by atoms with Crippen LogP contribution in [0, 0.1) is 0 Å². The summed E-state index contributed by atoms with van der Waals surface area (Å²) >= 11 is 3.40. The van der Waals surface area contributed by atoms with E-state index < -0.39 is 6.10 Å². The van der Waals surface area contributed by atoms with E-state index in [1.165, 1.54) is 6.08 Å². The fourth-order valence-corrected chi connectivity index (χ4v) is 3.42. The molecule has 6 heteroatoms. The number of likely N-dealkylation sites (tertiary alicyclic amines) is 1. The van der Waals surface area contributed by atoms with Crippen molar-refractivity contribution in [2.45, 2.75) is 18.6 Å². The Balaban J connectivity index is 1.86. The van der Waals surface area contributed by atoms with Crippen LogP contribution in [0.4, 0.5) is 5.69 Å². The van der Waals surface area contributed by atoms with E-state index in [9.17, 15) is 14.7 Å². The molecule has 26 heavy (non-hydrogen) atoms. The number of amides is 2. The minimum atomic E-state index is -0.608. The van der Waals surface area contributed by atoms with E-state index in [1.807, 2.05) is 24.3 Å². The van der Waals surface area contributed by atoms with Gasteiger partial charge in [0.1, 0.15) is 0 Å². The van der Waals surface area contributed by atoms with Crippen molar-refractivity contribution in [1.29, 1.82) is 0 Å². The number of hydrogen-bond donors (Lipinski definition) is 2. The van der Waals surface area contributed by atoms with Crippen molar-refractivity contribution in [1.82, 2.24) is 4.90 Å². The number of hydrogen-bond acceptors (Lipinski definition) is 3. The molecule has 3 rings (SSSR count). The molecule has 2 aromatic carbocycles. The van der Waals surface area contributed by atoms with Crippen molar-refractivity contribution >= 4 is 33.4 Å².